The van der Waals surface area contributed by atoms with Crippen LogP contribution in [0.25, 0.3) is 4.85 Å². The van der Waals surface area contributed by atoms with Crippen molar-refractivity contribution >= 4 is 12.1 Å². The molecule has 1 aromatic rings. The van der Waals surface area contributed by atoms with Gasteiger partial charge in [-0.3, -0.25) is 4.90 Å². The number of hydrogen-bond acceptors (Lipinski definition) is 4. The van der Waals surface area contributed by atoms with Crippen molar-refractivity contribution in [3.8, 4) is 0 Å². The van der Waals surface area contributed by atoms with Gasteiger partial charge in [-0.05, 0) is 12.5 Å². The maximum atomic E-state index is 12.2. The molecule has 2 rings (SSSR count). The lowest BCUT2D eigenvalue weighted by molar-refractivity contribution is -0.147. The molecule has 1 saturated heterocycles. The number of carbonyl (C=O) groups is 2. The first kappa shape index (κ1) is 15.8. The SMILES string of the molecule is [C-]#[N+][C@H]1C[C@@H](C(=O)OCC)N(C(=O)OCc2ccccc2)C1. The first-order valence-electron chi connectivity index (χ1n) is 7.16. The van der Waals surface area contributed by atoms with E-state index in [0.29, 0.717) is 6.42 Å². The van der Waals surface area contributed by atoms with Crippen LogP contribution >= 0.6 is 0 Å². The Balaban J connectivity index is 1.99. The van der Waals surface area contributed by atoms with E-state index in [-0.39, 0.29) is 19.8 Å². The molecule has 1 amide bonds. The highest BCUT2D eigenvalue weighted by Gasteiger charge is 2.44. The van der Waals surface area contributed by atoms with E-state index in [0.717, 1.165) is 5.56 Å². The predicted octanol–water partition coefficient (Wildman–Crippen LogP) is 2.25. The van der Waals surface area contributed by atoms with Gasteiger partial charge in [0.2, 0.25) is 6.04 Å². The Morgan fingerprint density at radius 3 is 2.68 bits per heavy atom. The summed E-state index contributed by atoms with van der Waals surface area (Å²) in [4.78, 5) is 28.8. The van der Waals surface area contributed by atoms with E-state index in [1.807, 2.05) is 30.3 Å². The zero-order valence-corrected chi connectivity index (χ0v) is 12.4. The smallest absolute Gasteiger partial charge is 0.411 e. The Hall–Kier alpha value is -2.55. The van der Waals surface area contributed by atoms with Crippen LogP contribution < -0.4 is 0 Å². The Morgan fingerprint density at radius 1 is 1.32 bits per heavy atom. The molecule has 0 N–H and O–H groups in total. The summed E-state index contributed by atoms with van der Waals surface area (Å²) in [6, 6.07) is 8.17. The first-order chi connectivity index (χ1) is 10.7. The second kappa shape index (κ2) is 7.46. The molecule has 0 bridgehead atoms. The maximum Gasteiger partial charge on any atom is 0.411 e. The summed E-state index contributed by atoms with van der Waals surface area (Å²) in [6.07, 6.45) is -0.295. The largest absolute Gasteiger partial charge is 0.464 e. The Morgan fingerprint density at radius 2 is 2.05 bits per heavy atom. The van der Waals surface area contributed by atoms with Crippen LogP contribution in [0.5, 0.6) is 0 Å². The number of carbonyl (C=O) groups excluding carboxylic acids is 2. The molecule has 0 aromatic heterocycles. The maximum absolute atomic E-state index is 12.2. The monoisotopic (exact) mass is 302 g/mol. The number of hydrogen-bond donors (Lipinski definition) is 0. The fourth-order valence-electron chi connectivity index (χ4n) is 2.37. The Kier molecular flexibility index (Phi) is 5.37. The van der Waals surface area contributed by atoms with Gasteiger partial charge in [-0.2, -0.15) is 0 Å². The molecule has 6 nitrogen and oxygen atoms in total. The minimum Gasteiger partial charge on any atom is -0.464 e. The summed E-state index contributed by atoms with van der Waals surface area (Å²) in [5, 5.41) is 0. The zero-order chi connectivity index (χ0) is 15.9. The lowest BCUT2D eigenvalue weighted by Gasteiger charge is -2.21. The third kappa shape index (κ3) is 3.76. The number of amides is 1. The Labute approximate surface area is 129 Å². The molecule has 1 heterocycles. The average Bonchev–Trinajstić information content (AvgIpc) is 2.98. The topological polar surface area (TPSA) is 60.2 Å². The molecule has 2 atom stereocenters. The van der Waals surface area contributed by atoms with Crippen LogP contribution in [-0.2, 0) is 20.9 Å². The van der Waals surface area contributed by atoms with Crippen molar-refractivity contribution in [1.29, 1.82) is 0 Å². The molecule has 0 spiro atoms. The van der Waals surface area contributed by atoms with Crippen LogP contribution in [-0.4, -0.2) is 42.2 Å². The number of ether oxygens (including phenoxy) is 2. The second-order valence-corrected chi connectivity index (χ2v) is 4.98. The minimum absolute atomic E-state index is 0.133. The lowest BCUT2D eigenvalue weighted by atomic mass is 10.2. The highest BCUT2D eigenvalue weighted by Crippen LogP contribution is 2.23. The molecule has 0 unspecified atom stereocenters. The van der Waals surface area contributed by atoms with Gasteiger partial charge in [0.1, 0.15) is 19.2 Å². The van der Waals surface area contributed by atoms with E-state index in [4.69, 9.17) is 16.0 Å². The van der Waals surface area contributed by atoms with Crippen LogP contribution in [0, 0.1) is 6.57 Å². The van der Waals surface area contributed by atoms with Gasteiger partial charge in [0.25, 0.3) is 0 Å². The summed E-state index contributed by atoms with van der Waals surface area (Å²) >= 11 is 0. The molecule has 0 saturated carbocycles. The summed E-state index contributed by atoms with van der Waals surface area (Å²) in [6.45, 7) is 9.37. The normalized spacial score (nSPS) is 20.3. The van der Waals surface area contributed by atoms with E-state index in [1.54, 1.807) is 6.92 Å². The number of esters is 1. The Bertz CT molecular complexity index is 567. The molecular weight excluding hydrogens is 284 g/mol. The molecule has 6 heteroatoms. The molecule has 1 fully saturated rings. The first-order valence-corrected chi connectivity index (χ1v) is 7.16. The molecule has 22 heavy (non-hydrogen) atoms. The van der Waals surface area contributed by atoms with Crippen molar-refractivity contribution in [2.75, 3.05) is 13.2 Å². The van der Waals surface area contributed by atoms with E-state index < -0.39 is 24.1 Å². The number of benzene rings is 1. The summed E-state index contributed by atoms with van der Waals surface area (Å²) < 4.78 is 10.2. The fourth-order valence-corrected chi connectivity index (χ4v) is 2.37. The van der Waals surface area contributed by atoms with E-state index in [9.17, 15) is 9.59 Å². The molecular formula is C16H18N2O4. The van der Waals surface area contributed by atoms with Crippen molar-refractivity contribution < 1.29 is 19.1 Å². The molecule has 1 aliphatic heterocycles. The van der Waals surface area contributed by atoms with Crippen LogP contribution in [0.4, 0.5) is 4.79 Å². The van der Waals surface area contributed by atoms with Crippen LogP contribution in [0.3, 0.4) is 0 Å². The van der Waals surface area contributed by atoms with Gasteiger partial charge in [0.15, 0.2) is 0 Å². The third-order valence-electron chi connectivity index (χ3n) is 3.46. The third-order valence-corrected chi connectivity index (χ3v) is 3.46. The average molecular weight is 302 g/mol. The summed E-state index contributed by atoms with van der Waals surface area (Å²) in [5.41, 5.74) is 0.865. The van der Waals surface area contributed by atoms with Gasteiger partial charge >= 0.3 is 12.1 Å². The highest BCUT2D eigenvalue weighted by atomic mass is 16.6. The highest BCUT2D eigenvalue weighted by molar-refractivity contribution is 5.82. The standard InChI is InChI=1S/C16H18N2O4/c1-3-21-15(19)14-9-13(17-2)10-18(14)16(20)22-11-12-7-5-4-6-8-12/h4-8,13-14H,3,9-11H2,1H3/t13-,14-/m0/s1. The van der Waals surface area contributed by atoms with Gasteiger partial charge in [-0.1, -0.05) is 30.3 Å². The van der Waals surface area contributed by atoms with Gasteiger partial charge in [0, 0.05) is 0 Å². The van der Waals surface area contributed by atoms with Crippen LogP contribution in [0.1, 0.15) is 18.9 Å². The zero-order valence-electron chi connectivity index (χ0n) is 12.4. The minimum atomic E-state index is -0.734. The molecule has 1 aromatic carbocycles. The van der Waals surface area contributed by atoms with E-state index >= 15 is 0 Å². The second-order valence-electron chi connectivity index (χ2n) is 4.98. The van der Waals surface area contributed by atoms with Crippen LogP contribution in [0.15, 0.2) is 30.3 Å². The van der Waals surface area contributed by atoms with Crippen molar-refractivity contribution in [3.05, 3.63) is 47.3 Å². The molecule has 0 radical (unpaired) electrons. The fraction of sp³-hybridized carbons (Fsp3) is 0.438. The molecule has 116 valence electrons. The van der Waals surface area contributed by atoms with Crippen molar-refractivity contribution in [2.24, 2.45) is 0 Å². The van der Waals surface area contributed by atoms with E-state index in [2.05, 4.69) is 4.85 Å². The molecule has 0 aliphatic carbocycles. The van der Waals surface area contributed by atoms with Crippen molar-refractivity contribution in [1.82, 2.24) is 4.90 Å². The molecule has 1 aliphatic rings. The predicted molar refractivity (Wildman–Crippen MR) is 78.8 cm³/mol. The summed E-state index contributed by atoms with van der Waals surface area (Å²) in [7, 11) is 0. The van der Waals surface area contributed by atoms with Gasteiger partial charge in [-0.15, -0.1) is 0 Å². The number of rotatable bonds is 4. The quantitative estimate of drug-likeness (QED) is 0.632. The summed E-state index contributed by atoms with van der Waals surface area (Å²) in [5.74, 6) is -0.481. The van der Waals surface area contributed by atoms with Gasteiger partial charge < -0.3 is 14.3 Å². The van der Waals surface area contributed by atoms with E-state index in [1.165, 1.54) is 4.90 Å². The lowest BCUT2D eigenvalue weighted by Crippen LogP contribution is -2.41. The number of likely N-dealkylation sites (tertiary alicyclic amines) is 1. The van der Waals surface area contributed by atoms with Crippen molar-refractivity contribution in [3.63, 3.8) is 0 Å². The van der Waals surface area contributed by atoms with Gasteiger partial charge in [0.05, 0.1) is 13.0 Å². The van der Waals surface area contributed by atoms with Crippen molar-refractivity contribution in [2.45, 2.75) is 32.0 Å². The number of nitrogens with zero attached hydrogens (tertiary/aromatic N) is 2. The van der Waals surface area contributed by atoms with Gasteiger partial charge in [-0.25, -0.2) is 16.2 Å². The van der Waals surface area contributed by atoms with Crippen LogP contribution in [0.2, 0.25) is 0 Å².